The minimum absolute atomic E-state index is 0.00542. The van der Waals surface area contributed by atoms with Crippen LogP contribution < -0.4 is 10.6 Å². The van der Waals surface area contributed by atoms with E-state index in [4.69, 9.17) is 0 Å². The summed E-state index contributed by atoms with van der Waals surface area (Å²) in [5, 5.41) is 6.09. The molecule has 1 atom stereocenters. The van der Waals surface area contributed by atoms with Crippen molar-refractivity contribution in [2.45, 2.75) is 26.3 Å². The van der Waals surface area contributed by atoms with Gasteiger partial charge in [-0.25, -0.2) is 0 Å². The van der Waals surface area contributed by atoms with Crippen molar-refractivity contribution in [3.63, 3.8) is 0 Å². The quantitative estimate of drug-likeness (QED) is 0.877. The van der Waals surface area contributed by atoms with E-state index >= 15 is 0 Å². The van der Waals surface area contributed by atoms with Crippen LogP contribution in [0.4, 0.5) is 0 Å². The first-order valence-corrected chi connectivity index (χ1v) is 7.53. The Morgan fingerprint density at radius 3 is 2.86 bits per heavy atom. The van der Waals surface area contributed by atoms with E-state index in [-0.39, 0.29) is 17.9 Å². The van der Waals surface area contributed by atoms with Gasteiger partial charge >= 0.3 is 0 Å². The molecule has 0 saturated carbocycles. The van der Waals surface area contributed by atoms with Crippen molar-refractivity contribution < 1.29 is 9.59 Å². The van der Waals surface area contributed by atoms with E-state index in [9.17, 15) is 9.59 Å². The number of nitrogens with zero attached hydrogens (tertiary/aromatic N) is 1. The Kier molecular flexibility index (Phi) is 5.33. The van der Waals surface area contributed by atoms with Gasteiger partial charge in [-0.15, -0.1) is 0 Å². The van der Waals surface area contributed by atoms with Crippen LogP contribution in [0.15, 0.2) is 24.3 Å². The van der Waals surface area contributed by atoms with Crippen molar-refractivity contribution >= 4 is 11.8 Å². The van der Waals surface area contributed by atoms with Gasteiger partial charge in [-0.2, -0.15) is 0 Å². The van der Waals surface area contributed by atoms with Crippen LogP contribution in [0.5, 0.6) is 0 Å². The lowest BCUT2D eigenvalue weighted by Gasteiger charge is -2.34. The maximum atomic E-state index is 12.6. The summed E-state index contributed by atoms with van der Waals surface area (Å²) in [5.74, 6) is -0.131. The third-order valence-electron chi connectivity index (χ3n) is 3.67. The summed E-state index contributed by atoms with van der Waals surface area (Å²) in [6.45, 7) is 7.00. The zero-order chi connectivity index (χ0) is 15.2. The summed E-state index contributed by atoms with van der Waals surface area (Å²) < 4.78 is 0. The summed E-state index contributed by atoms with van der Waals surface area (Å²) in [6, 6.07) is 7.13. The molecular formula is C16H23N3O2. The molecule has 2 amide bonds. The van der Waals surface area contributed by atoms with E-state index < -0.39 is 0 Å². The molecule has 2 rings (SSSR count). The van der Waals surface area contributed by atoms with Crippen LogP contribution in [0.3, 0.4) is 0 Å². The van der Waals surface area contributed by atoms with Gasteiger partial charge < -0.3 is 15.5 Å². The Morgan fingerprint density at radius 1 is 1.38 bits per heavy atom. The number of amides is 2. The number of hydrogen-bond donors (Lipinski definition) is 2. The molecule has 1 saturated heterocycles. The standard InChI is InChI=1S/C16H23N3O2/c1-3-7-18-15(20)13-5-4-6-14(10-13)16(21)19-9-8-17-11-12(19)2/h4-6,10,12,17H,3,7-9,11H2,1-2H3,(H,18,20). The monoisotopic (exact) mass is 289 g/mol. The molecule has 0 spiro atoms. The van der Waals surface area contributed by atoms with Crippen LogP contribution in [0.1, 0.15) is 41.0 Å². The number of carbonyl (C=O) groups is 2. The van der Waals surface area contributed by atoms with E-state index in [1.54, 1.807) is 24.3 Å². The van der Waals surface area contributed by atoms with Crippen LogP contribution >= 0.6 is 0 Å². The van der Waals surface area contributed by atoms with Gasteiger partial charge in [0.15, 0.2) is 0 Å². The van der Waals surface area contributed by atoms with E-state index in [1.807, 2.05) is 18.7 Å². The normalized spacial score (nSPS) is 18.4. The molecule has 114 valence electrons. The lowest BCUT2D eigenvalue weighted by atomic mass is 10.1. The van der Waals surface area contributed by atoms with Crippen molar-refractivity contribution in [3.05, 3.63) is 35.4 Å². The molecule has 1 aromatic carbocycles. The average molecular weight is 289 g/mol. The Morgan fingerprint density at radius 2 is 2.14 bits per heavy atom. The van der Waals surface area contributed by atoms with E-state index in [2.05, 4.69) is 10.6 Å². The van der Waals surface area contributed by atoms with Gasteiger partial charge in [0.25, 0.3) is 11.8 Å². The number of nitrogens with one attached hydrogen (secondary N) is 2. The summed E-state index contributed by atoms with van der Waals surface area (Å²) in [4.78, 5) is 26.4. The van der Waals surface area contributed by atoms with Gasteiger partial charge in [-0.1, -0.05) is 13.0 Å². The first-order chi connectivity index (χ1) is 10.1. The first-order valence-electron chi connectivity index (χ1n) is 7.53. The maximum Gasteiger partial charge on any atom is 0.254 e. The van der Waals surface area contributed by atoms with Crippen LogP contribution in [-0.2, 0) is 0 Å². The highest BCUT2D eigenvalue weighted by Crippen LogP contribution is 2.12. The molecule has 5 nitrogen and oxygen atoms in total. The molecule has 0 bridgehead atoms. The summed E-state index contributed by atoms with van der Waals surface area (Å²) in [7, 11) is 0. The number of benzene rings is 1. The second-order valence-corrected chi connectivity index (χ2v) is 5.39. The fourth-order valence-electron chi connectivity index (χ4n) is 2.44. The van der Waals surface area contributed by atoms with Gasteiger partial charge in [0, 0.05) is 43.3 Å². The number of piperazine rings is 1. The van der Waals surface area contributed by atoms with Crippen LogP contribution in [0.2, 0.25) is 0 Å². The van der Waals surface area contributed by atoms with Gasteiger partial charge in [0.05, 0.1) is 0 Å². The van der Waals surface area contributed by atoms with Crippen molar-refractivity contribution in [3.8, 4) is 0 Å². The van der Waals surface area contributed by atoms with E-state index in [0.29, 0.717) is 24.2 Å². The van der Waals surface area contributed by atoms with Crippen molar-refractivity contribution in [1.82, 2.24) is 15.5 Å². The Hall–Kier alpha value is -1.88. The van der Waals surface area contributed by atoms with Crippen molar-refractivity contribution in [2.75, 3.05) is 26.2 Å². The SMILES string of the molecule is CCCNC(=O)c1cccc(C(=O)N2CCNCC2C)c1. The number of rotatable bonds is 4. The van der Waals surface area contributed by atoms with E-state index in [0.717, 1.165) is 19.5 Å². The minimum Gasteiger partial charge on any atom is -0.352 e. The first kappa shape index (κ1) is 15.5. The molecule has 0 aromatic heterocycles. The molecule has 1 aliphatic heterocycles. The highest BCUT2D eigenvalue weighted by Gasteiger charge is 2.24. The number of carbonyl (C=O) groups excluding carboxylic acids is 2. The summed E-state index contributed by atoms with van der Waals surface area (Å²) in [5.41, 5.74) is 1.12. The van der Waals surface area contributed by atoms with Gasteiger partial charge in [-0.3, -0.25) is 9.59 Å². The fourth-order valence-corrected chi connectivity index (χ4v) is 2.44. The van der Waals surface area contributed by atoms with Crippen molar-refractivity contribution in [2.24, 2.45) is 0 Å². The Balaban J connectivity index is 2.12. The summed E-state index contributed by atoms with van der Waals surface area (Å²) in [6.07, 6.45) is 0.892. The van der Waals surface area contributed by atoms with Crippen LogP contribution in [0.25, 0.3) is 0 Å². The molecule has 21 heavy (non-hydrogen) atoms. The van der Waals surface area contributed by atoms with Crippen LogP contribution in [-0.4, -0.2) is 48.9 Å². The lowest BCUT2D eigenvalue weighted by molar-refractivity contribution is 0.0656. The molecule has 5 heteroatoms. The molecule has 1 fully saturated rings. The minimum atomic E-state index is -0.125. The molecule has 0 aliphatic carbocycles. The van der Waals surface area contributed by atoms with Gasteiger partial charge in [-0.05, 0) is 31.5 Å². The van der Waals surface area contributed by atoms with Crippen molar-refractivity contribution in [1.29, 1.82) is 0 Å². The third kappa shape index (κ3) is 3.82. The molecule has 0 radical (unpaired) electrons. The summed E-state index contributed by atoms with van der Waals surface area (Å²) >= 11 is 0. The highest BCUT2D eigenvalue weighted by molar-refractivity contribution is 5.99. The molecule has 1 aromatic rings. The van der Waals surface area contributed by atoms with Crippen LogP contribution in [0, 0.1) is 0 Å². The Bertz CT molecular complexity index is 516. The van der Waals surface area contributed by atoms with E-state index in [1.165, 1.54) is 0 Å². The lowest BCUT2D eigenvalue weighted by Crippen LogP contribution is -2.52. The second-order valence-electron chi connectivity index (χ2n) is 5.39. The Labute approximate surface area is 125 Å². The topological polar surface area (TPSA) is 61.4 Å². The molecule has 1 unspecified atom stereocenters. The maximum absolute atomic E-state index is 12.6. The average Bonchev–Trinajstić information content (AvgIpc) is 2.52. The fraction of sp³-hybridized carbons (Fsp3) is 0.500. The molecule has 1 heterocycles. The molecular weight excluding hydrogens is 266 g/mol. The third-order valence-corrected chi connectivity index (χ3v) is 3.67. The largest absolute Gasteiger partial charge is 0.352 e. The molecule has 2 N–H and O–H groups in total. The van der Waals surface area contributed by atoms with Gasteiger partial charge in [0.1, 0.15) is 0 Å². The predicted octanol–water partition coefficient (Wildman–Crippen LogP) is 1.26. The zero-order valence-corrected chi connectivity index (χ0v) is 12.7. The van der Waals surface area contributed by atoms with Gasteiger partial charge in [0.2, 0.25) is 0 Å². The smallest absolute Gasteiger partial charge is 0.254 e. The number of hydrogen-bond acceptors (Lipinski definition) is 3. The molecule has 1 aliphatic rings. The highest BCUT2D eigenvalue weighted by atomic mass is 16.2. The predicted molar refractivity (Wildman–Crippen MR) is 82.4 cm³/mol. The second kappa shape index (κ2) is 7.22. The zero-order valence-electron chi connectivity index (χ0n) is 12.7.